The maximum atomic E-state index is 12.2. The molecule has 18 heavy (non-hydrogen) atoms. The summed E-state index contributed by atoms with van der Waals surface area (Å²) in [6.07, 6.45) is 1.54. The highest BCUT2D eigenvalue weighted by Gasteiger charge is 2.12. The van der Waals surface area contributed by atoms with Crippen molar-refractivity contribution < 1.29 is 9.32 Å². The molecule has 1 aromatic heterocycles. The number of hydrogen-bond acceptors (Lipinski definition) is 3. The Morgan fingerprint density at radius 1 is 1.28 bits per heavy atom. The fourth-order valence-electron chi connectivity index (χ4n) is 1.72. The van der Waals surface area contributed by atoms with Crippen LogP contribution in [0.25, 0.3) is 0 Å². The van der Waals surface area contributed by atoms with E-state index < -0.39 is 10.8 Å². The lowest BCUT2D eigenvalue weighted by Gasteiger charge is -2.07. The molecule has 0 saturated heterocycles. The lowest BCUT2D eigenvalue weighted by molar-refractivity contribution is 0.455. The Labute approximate surface area is 109 Å². The van der Waals surface area contributed by atoms with Crippen LogP contribution in [-0.4, -0.2) is 14.3 Å². The molecular formula is C14H15NO2S. The molecule has 0 aliphatic heterocycles. The highest BCUT2D eigenvalue weighted by Crippen LogP contribution is 2.21. The third-order valence-electron chi connectivity index (χ3n) is 2.76. The van der Waals surface area contributed by atoms with Crippen molar-refractivity contribution in [3.05, 3.63) is 53.2 Å². The van der Waals surface area contributed by atoms with E-state index in [1.807, 2.05) is 32.0 Å². The Morgan fingerprint density at radius 2 is 2.06 bits per heavy atom. The zero-order chi connectivity index (χ0) is 13.1. The van der Waals surface area contributed by atoms with E-state index in [4.69, 9.17) is 0 Å². The van der Waals surface area contributed by atoms with Crippen molar-refractivity contribution in [3.63, 3.8) is 0 Å². The maximum absolute atomic E-state index is 12.2. The van der Waals surface area contributed by atoms with Crippen molar-refractivity contribution in [1.29, 1.82) is 0 Å². The Bertz CT molecular complexity index is 596. The summed E-state index contributed by atoms with van der Waals surface area (Å²) in [5, 5.41) is 9.88. The number of pyridine rings is 1. The van der Waals surface area contributed by atoms with E-state index in [9.17, 15) is 9.32 Å². The van der Waals surface area contributed by atoms with E-state index in [0.717, 1.165) is 16.7 Å². The van der Waals surface area contributed by atoms with E-state index in [2.05, 4.69) is 4.98 Å². The van der Waals surface area contributed by atoms with Crippen LogP contribution in [0.1, 0.15) is 16.7 Å². The predicted molar refractivity (Wildman–Crippen MR) is 71.9 cm³/mol. The molecule has 2 rings (SSSR count). The van der Waals surface area contributed by atoms with Gasteiger partial charge in [-0.1, -0.05) is 23.8 Å². The maximum Gasteiger partial charge on any atom is 0.169 e. The van der Waals surface area contributed by atoms with Crippen molar-refractivity contribution in [3.8, 4) is 5.75 Å². The summed E-state index contributed by atoms with van der Waals surface area (Å²) in [6, 6.07) is 9.19. The Morgan fingerprint density at radius 3 is 2.78 bits per heavy atom. The number of aryl methyl sites for hydroxylation is 2. The van der Waals surface area contributed by atoms with Gasteiger partial charge in [0.25, 0.3) is 0 Å². The summed E-state index contributed by atoms with van der Waals surface area (Å²) >= 11 is 0. The molecule has 3 nitrogen and oxygen atoms in total. The summed E-state index contributed by atoms with van der Waals surface area (Å²) < 4.78 is 12.2. The molecule has 0 aliphatic rings. The van der Waals surface area contributed by atoms with Crippen molar-refractivity contribution >= 4 is 10.8 Å². The van der Waals surface area contributed by atoms with Crippen LogP contribution in [0, 0.1) is 13.8 Å². The van der Waals surface area contributed by atoms with Crippen LogP contribution in [0.2, 0.25) is 0 Å². The van der Waals surface area contributed by atoms with Gasteiger partial charge in [0, 0.05) is 6.20 Å². The molecule has 0 unspecified atom stereocenters. The summed E-state index contributed by atoms with van der Waals surface area (Å²) in [4.78, 5) is 3.98. The van der Waals surface area contributed by atoms with Gasteiger partial charge in [-0.15, -0.1) is 0 Å². The molecule has 1 N–H and O–H groups in total. The lowest BCUT2D eigenvalue weighted by atomic mass is 10.1. The molecule has 1 aromatic carbocycles. The van der Waals surface area contributed by atoms with Gasteiger partial charge in [0.2, 0.25) is 0 Å². The average Bonchev–Trinajstić information content (AvgIpc) is 2.34. The fraction of sp³-hybridized carbons (Fsp3) is 0.214. The minimum absolute atomic E-state index is 0.0128. The number of aromatic nitrogens is 1. The van der Waals surface area contributed by atoms with Gasteiger partial charge in [0.15, 0.2) is 5.03 Å². The number of benzene rings is 1. The second-order valence-corrected chi connectivity index (χ2v) is 5.61. The second kappa shape index (κ2) is 5.31. The van der Waals surface area contributed by atoms with Gasteiger partial charge >= 0.3 is 0 Å². The number of hydrogen-bond donors (Lipinski definition) is 1. The van der Waals surface area contributed by atoms with Crippen molar-refractivity contribution in [2.75, 3.05) is 0 Å². The molecule has 0 aliphatic carbocycles. The first-order chi connectivity index (χ1) is 8.58. The van der Waals surface area contributed by atoms with Gasteiger partial charge in [-0.3, -0.25) is 4.21 Å². The third-order valence-corrected chi connectivity index (χ3v) is 4.08. The van der Waals surface area contributed by atoms with Crippen LogP contribution in [0.5, 0.6) is 5.75 Å². The molecule has 4 heteroatoms. The quantitative estimate of drug-likeness (QED) is 0.924. The summed E-state index contributed by atoms with van der Waals surface area (Å²) in [6.45, 7) is 3.99. The van der Waals surface area contributed by atoms with Gasteiger partial charge in [0.1, 0.15) is 5.75 Å². The van der Waals surface area contributed by atoms with Crippen molar-refractivity contribution in [2.24, 2.45) is 0 Å². The smallest absolute Gasteiger partial charge is 0.169 e. The molecule has 0 saturated carbocycles. The van der Waals surface area contributed by atoms with Gasteiger partial charge in [-0.25, -0.2) is 4.98 Å². The SMILES string of the molecule is Cc1ccc(C)c(C[S@@](=O)c2ncccc2O)c1. The average molecular weight is 261 g/mol. The van der Waals surface area contributed by atoms with Crippen molar-refractivity contribution in [2.45, 2.75) is 24.6 Å². The van der Waals surface area contributed by atoms with Crippen LogP contribution in [-0.2, 0) is 16.6 Å². The van der Waals surface area contributed by atoms with E-state index >= 15 is 0 Å². The molecule has 0 radical (unpaired) electrons. The molecule has 0 spiro atoms. The Hall–Kier alpha value is -1.68. The van der Waals surface area contributed by atoms with Gasteiger partial charge < -0.3 is 5.11 Å². The van der Waals surface area contributed by atoms with Gasteiger partial charge in [-0.05, 0) is 37.1 Å². The molecule has 1 heterocycles. The summed E-state index contributed by atoms with van der Waals surface area (Å²) in [5.41, 5.74) is 3.26. The zero-order valence-corrected chi connectivity index (χ0v) is 11.2. The molecule has 0 amide bonds. The first kappa shape index (κ1) is 12.8. The largest absolute Gasteiger partial charge is 0.505 e. The van der Waals surface area contributed by atoms with Crippen LogP contribution < -0.4 is 0 Å². The van der Waals surface area contributed by atoms with Crippen molar-refractivity contribution in [1.82, 2.24) is 4.98 Å². The Balaban J connectivity index is 2.27. The summed E-state index contributed by atoms with van der Waals surface area (Å²) in [7, 11) is -1.33. The first-order valence-electron chi connectivity index (χ1n) is 5.66. The lowest BCUT2D eigenvalue weighted by Crippen LogP contribution is -2.01. The monoisotopic (exact) mass is 261 g/mol. The third kappa shape index (κ3) is 2.76. The molecule has 0 fully saturated rings. The highest BCUT2D eigenvalue weighted by molar-refractivity contribution is 7.84. The molecular weight excluding hydrogens is 246 g/mol. The van der Waals surface area contributed by atoms with Gasteiger partial charge in [0.05, 0.1) is 16.6 Å². The van der Waals surface area contributed by atoms with Crippen LogP contribution in [0.15, 0.2) is 41.6 Å². The second-order valence-electron chi connectivity index (χ2n) is 4.25. The van der Waals surface area contributed by atoms with Crippen LogP contribution >= 0.6 is 0 Å². The number of rotatable bonds is 3. The van der Waals surface area contributed by atoms with E-state index in [0.29, 0.717) is 5.75 Å². The van der Waals surface area contributed by atoms with Crippen LogP contribution in [0.3, 0.4) is 0 Å². The fourth-order valence-corrected chi connectivity index (χ4v) is 2.93. The van der Waals surface area contributed by atoms with E-state index in [1.54, 1.807) is 6.07 Å². The number of aromatic hydroxyl groups is 1. The normalized spacial score (nSPS) is 12.3. The minimum atomic E-state index is -1.33. The van der Waals surface area contributed by atoms with E-state index in [1.165, 1.54) is 12.3 Å². The Kier molecular flexibility index (Phi) is 3.77. The molecule has 2 aromatic rings. The standard InChI is InChI=1S/C14H15NO2S/c1-10-5-6-11(2)12(8-10)9-18(17)14-13(16)4-3-7-15-14/h3-8,16H,9H2,1-2H3/t18-/m1/s1. The highest BCUT2D eigenvalue weighted by atomic mass is 32.2. The zero-order valence-electron chi connectivity index (χ0n) is 10.4. The first-order valence-corrected chi connectivity index (χ1v) is 6.98. The molecule has 94 valence electrons. The van der Waals surface area contributed by atoms with E-state index in [-0.39, 0.29) is 10.8 Å². The minimum Gasteiger partial charge on any atom is -0.505 e. The van der Waals surface area contributed by atoms with Gasteiger partial charge in [-0.2, -0.15) is 0 Å². The molecule has 1 atom stereocenters. The summed E-state index contributed by atoms with van der Waals surface area (Å²) in [5.74, 6) is 0.360. The van der Waals surface area contributed by atoms with Crippen LogP contribution in [0.4, 0.5) is 0 Å². The molecule has 0 bridgehead atoms. The predicted octanol–water partition coefficient (Wildman–Crippen LogP) is 2.71. The number of nitrogens with zero attached hydrogens (tertiary/aromatic N) is 1. The topological polar surface area (TPSA) is 50.2 Å².